The van der Waals surface area contributed by atoms with Crippen LogP contribution in [0.15, 0.2) is 4.99 Å². The molecule has 19 heavy (non-hydrogen) atoms. The predicted octanol–water partition coefficient (Wildman–Crippen LogP) is 1.54. The van der Waals surface area contributed by atoms with Crippen LogP contribution in [0, 0.1) is 0 Å². The Labute approximate surface area is 117 Å². The normalized spacial score (nSPS) is 20.2. The summed E-state index contributed by atoms with van der Waals surface area (Å²) in [5.41, 5.74) is -0.171. The van der Waals surface area contributed by atoms with Crippen LogP contribution in [0.3, 0.4) is 0 Å². The Kier molecular flexibility index (Phi) is 6.07. The number of methoxy groups -OCH3 is 1. The number of nitrogens with zero attached hydrogens (tertiary/aromatic N) is 1. The zero-order chi connectivity index (χ0) is 14.4. The Bertz CT molecular complexity index is 292. The average molecular weight is 271 g/mol. The maximum atomic E-state index is 5.69. The molecule has 0 radical (unpaired) electrons. The lowest BCUT2D eigenvalue weighted by Crippen LogP contribution is -2.49. The van der Waals surface area contributed by atoms with Crippen LogP contribution in [0.2, 0.25) is 0 Å². The standard InChI is InChI=1S/C14H29N3O2/c1-6-15-12(17-13(2,3)4)16-11-14(18-5)7-9-19-10-8-14/h6-11H2,1-5H3,(H2,15,16,17). The molecule has 1 aliphatic heterocycles. The van der Waals surface area contributed by atoms with Crippen molar-refractivity contribution in [1.82, 2.24) is 10.6 Å². The van der Waals surface area contributed by atoms with Crippen molar-refractivity contribution in [3.8, 4) is 0 Å². The van der Waals surface area contributed by atoms with Gasteiger partial charge in [-0.25, -0.2) is 0 Å². The fourth-order valence-electron chi connectivity index (χ4n) is 2.06. The summed E-state index contributed by atoms with van der Waals surface area (Å²) in [7, 11) is 1.77. The molecule has 5 heteroatoms. The number of rotatable bonds is 4. The lowest BCUT2D eigenvalue weighted by molar-refractivity contribution is -0.0829. The smallest absolute Gasteiger partial charge is 0.191 e. The molecule has 0 aliphatic carbocycles. The van der Waals surface area contributed by atoms with Crippen molar-refractivity contribution in [1.29, 1.82) is 0 Å². The topological polar surface area (TPSA) is 54.9 Å². The molecular formula is C14H29N3O2. The van der Waals surface area contributed by atoms with Gasteiger partial charge in [0.25, 0.3) is 0 Å². The van der Waals surface area contributed by atoms with Gasteiger partial charge < -0.3 is 20.1 Å². The van der Waals surface area contributed by atoms with Crippen LogP contribution >= 0.6 is 0 Å². The molecule has 5 nitrogen and oxygen atoms in total. The molecule has 1 heterocycles. The monoisotopic (exact) mass is 271 g/mol. The fourth-order valence-corrected chi connectivity index (χ4v) is 2.06. The molecule has 0 amide bonds. The maximum absolute atomic E-state index is 5.69. The van der Waals surface area contributed by atoms with Crippen LogP contribution in [-0.4, -0.2) is 50.5 Å². The molecule has 1 aliphatic rings. The molecule has 0 bridgehead atoms. The molecule has 0 saturated carbocycles. The highest BCUT2D eigenvalue weighted by Gasteiger charge is 2.32. The summed E-state index contributed by atoms with van der Waals surface area (Å²) in [5, 5.41) is 6.66. The molecule has 0 aromatic carbocycles. The minimum absolute atomic E-state index is 0.00306. The number of nitrogens with one attached hydrogen (secondary N) is 2. The zero-order valence-electron chi connectivity index (χ0n) is 13.0. The second-order valence-corrected chi connectivity index (χ2v) is 6.07. The van der Waals surface area contributed by atoms with Crippen molar-refractivity contribution in [2.24, 2.45) is 4.99 Å². The molecule has 112 valence electrons. The van der Waals surface area contributed by atoms with Gasteiger partial charge in [-0.3, -0.25) is 4.99 Å². The molecule has 2 N–H and O–H groups in total. The first-order valence-corrected chi connectivity index (χ1v) is 7.10. The summed E-state index contributed by atoms with van der Waals surface area (Å²) in [4.78, 5) is 4.68. The van der Waals surface area contributed by atoms with Crippen LogP contribution < -0.4 is 10.6 Å². The molecule has 0 unspecified atom stereocenters. The first-order valence-electron chi connectivity index (χ1n) is 7.10. The molecule has 1 rings (SSSR count). The van der Waals surface area contributed by atoms with Gasteiger partial charge in [0, 0.05) is 45.2 Å². The third-order valence-corrected chi connectivity index (χ3v) is 3.20. The summed E-state index contributed by atoms with van der Waals surface area (Å²) in [6, 6.07) is 0. The highest BCUT2D eigenvalue weighted by molar-refractivity contribution is 5.80. The molecule has 1 fully saturated rings. The van der Waals surface area contributed by atoms with Gasteiger partial charge in [-0.1, -0.05) is 0 Å². The molecular weight excluding hydrogens is 242 g/mol. The summed E-state index contributed by atoms with van der Waals surface area (Å²) in [6.07, 6.45) is 1.81. The number of aliphatic imine (C=N–C) groups is 1. The van der Waals surface area contributed by atoms with Crippen LogP contribution in [0.25, 0.3) is 0 Å². The van der Waals surface area contributed by atoms with E-state index in [4.69, 9.17) is 9.47 Å². The van der Waals surface area contributed by atoms with Crippen LogP contribution in [-0.2, 0) is 9.47 Å². The fraction of sp³-hybridized carbons (Fsp3) is 0.929. The Morgan fingerprint density at radius 3 is 2.42 bits per heavy atom. The predicted molar refractivity (Wildman–Crippen MR) is 78.7 cm³/mol. The van der Waals surface area contributed by atoms with E-state index in [9.17, 15) is 0 Å². The Balaban J connectivity index is 2.67. The largest absolute Gasteiger partial charge is 0.381 e. The van der Waals surface area contributed by atoms with Crippen molar-refractivity contribution in [2.45, 2.75) is 51.7 Å². The highest BCUT2D eigenvalue weighted by Crippen LogP contribution is 2.24. The molecule has 0 atom stereocenters. The molecule has 0 spiro atoms. The SMILES string of the molecule is CCNC(=NCC1(OC)CCOCC1)NC(C)(C)C. The number of hydrogen-bond acceptors (Lipinski definition) is 3. The summed E-state index contributed by atoms with van der Waals surface area (Å²) >= 11 is 0. The van der Waals surface area contributed by atoms with E-state index in [-0.39, 0.29) is 11.1 Å². The first kappa shape index (κ1) is 16.2. The number of ether oxygens (including phenoxy) is 2. The van der Waals surface area contributed by atoms with E-state index in [0.29, 0.717) is 6.54 Å². The van der Waals surface area contributed by atoms with Gasteiger partial charge >= 0.3 is 0 Å². The van der Waals surface area contributed by atoms with Crippen molar-refractivity contribution in [3.63, 3.8) is 0 Å². The third kappa shape index (κ3) is 5.78. The van der Waals surface area contributed by atoms with Gasteiger partial charge in [0.1, 0.15) is 0 Å². The van der Waals surface area contributed by atoms with Gasteiger partial charge in [-0.15, -0.1) is 0 Å². The average Bonchev–Trinajstić information content (AvgIpc) is 2.36. The second kappa shape index (κ2) is 7.10. The van der Waals surface area contributed by atoms with E-state index in [2.05, 4.69) is 43.3 Å². The zero-order valence-corrected chi connectivity index (χ0v) is 13.0. The van der Waals surface area contributed by atoms with Crippen molar-refractivity contribution in [2.75, 3.05) is 33.4 Å². The van der Waals surface area contributed by atoms with E-state index < -0.39 is 0 Å². The van der Waals surface area contributed by atoms with Gasteiger partial charge in [-0.2, -0.15) is 0 Å². The molecule has 1 saturated heterocycles. The van der Waals surface area contributed by atoms with Crippen LogP contribution in [0.5, 0.6) is 0 Å². The quantitative estimate of drug-likeness (QED) is 0.601. The Morgan fingerprint density at radius 2 is 1.95 bits per heavy atom. The molecule has 0 aromatic rings. The minimum Gasteiger partial charge on any atom is -0.381 e. The Morgan fingerprint density at radius 1 is 1.32 bits per heavy atom. The van der Waals surface area contributed by atoms with Crippen molar-refractivity contribution < 1.29 is 9.47 Å². The van der Waals surface area contributed by atoms with Crippen LogP contribution in [0.1, 0.15) is 40.5 Å². The van der Waals surface area contributed by atoms with Crippen molar-refractivity contribution in [3.05, 3.63) is 0 Å². The van der Waals surface area contributed by atoms with E-state index >= 15 is 0 Å². The second-order valence-electron chi connectivity index (χ2n) is 6.07. The van der Waals surface area contributed by atoms with E-state index in [1.807, 2.05) is 0 Å². The summed E-state index contributed by atoms with van der Waals surface area (Å²) in [6.45, 7) is 11.5. The van der Waals surface area contributed by atoms with Gasteiger partial charge in [0.15, 0.2) is 5.96 Å². The highest BCUT2D eigenvalue weighted by atomic mass is 16.5. The number of guanidine groups is 1. The van der Waals surface area contributed by atoms with Gasteiger partial charge in [0.2, 0.25) is 0 Å². The first-order chi connectivity index (χ1) is 8.91. The molecule has 0 aromatic heterocycles. The number of hydrogen-bond donors (Lipinski definition) is 2. The summed E-state index contributed by atoms with van der Waals surface area (Å²) in [5.74, 6) is 0.845. The third-order valence-electron chi connectivity index (χ3n) is 3.20. The van der Waals surface area contributed by atoms with E-state index in [1.54, 1.807) is 7.11 Å². The summed E-state index contributed by atoms with van der Waals surface area (Å²) < 4.78 is 11.1. The lowest BCUT2D eigenvalue weighted by Gasteiger charge is -2.35. The van der Waals surface area contributed by atoms with E-state index in [1.165, 1.54) is 0 Å². The van der Waals surface area contributed by atoms with Gasteiger partial charge in [-0.05, 0) is 27.7 Å². The lowest BCUT2D eigenvalue weighted by atomic mass is 9.94. The van der Waals surface area contributed by atoms with Crippen molar-refractivity contribution >= 4 is 5.96 Å². The van der Waals surface area contributed by atoms with Gasteiger partial charge in [0.05, 0.1) is 12.1 Å². The minimum atomic E-state index is -0.168. The van der Waals surface area contributed by atoms with Crippen LogP contribution in [0.4, 0.5) is 0 Å². The Hall–Kier alpha value is -0.810. The maximum Gasteiger partial charge on any atom is 0.191 e. The van der Waals surface area contributed by atoms with E-state index in [0.717, 1.165) is 38.6 Å².